The summed E-state index contributed by atoms with van der Waals surface area (Å²) in [5.41, 5.74) is 0. The smallest absolute Gasteiger partial charge is 0.0799 e. The molecular weight excluding hydrogens is 104 g/mol. The highest BCUT2D eigenvalue weighted by Crippen LogP contribution is 1.95. The lowest BCUT2D eigenvalue weighted by Gasteiger charge is -1.94. The Labute approximate surface area is 50.5 Å². The predicted molar refractivity (Wildman–Crippen MR) is 32.0 cm³/mol. The Morgan fingerprint density at radius 2 is 2.25 bits per heavy atom. The molecule has 0 aromatic carbocycles. The van der Waals surface area contributed by atoms with Gasteiger partial charge in [-0.2, -0.15) is 0 Å². The van der Waals surface area contributed by atoms with E-state index in [1.54, 1.807) is 7.11 Å². The highest BCUT2D eigenvalue weighted by Gasteiger charge is 1.84. The highest BCUT2D eigenvalue weighted by atomic mass is 16.5. The van der Waals surface area contributed by atoms with E-state index < -0.39 is 0 Å². The normalized spacial score (nSPS) is 9.75. The van der Waals surface area contributed by atoms with Crippen molar-refractivity contribution in [1.82, 2.24) is 0 Å². The molecule has 2 nitrogen and oxygen atoms in total. The van der Waals surface area contributed by atoms with Crippen molar-refractivity contribution < 1.29 is 9.84 Å². The van der Waals surface area contributed by atoms with E-state index in [0.29, 0.717) is 0 Å². The topological polar surface area (TPSA) is 29.5 Å². The van der Waals surface area contributed by atoms with Crippen LogP contribution >= 0.6 is 0 Å². The molecule has 1 radical (unpaired) electrons. The molecule has 0 aromatic heterocycles. The molecule has 0 aliphatic heterocycles. The SMILES string of the molecule is COCCCC[CH]O. The van der Waals surface area contributed by atoms with Gasteiger partial charge < -0.3 is 9.84 Å². The van der Waals surface area contributed by atoms with E-state index in [-0.39, 0.29) is 0 Å². The first kappa shape index (κ1) is 7.92. The molecular formula is C6H13O2. The van der Waals surface area contributed by atoms with Crippen LogP contribution in [0.4, 0.5) is 0 Å². The second-order valence-corrected chi connectivity index (χ2v) is 1.67. The van der Waals surface area contributed by atoms with E-state index >= 15 is 0 Å². The lowest BCUT2D eigenvalue weighted by molar-refractivity contribution is 0.191. The summed E-state index contributed by atoms with van der Waals surface area (Å²) in [7, 11) is 1.68. The van der Waals surface area contributed by atoms with Crippen molar-refractivity contribution in [2.24, 2.45) is 0 Å². The van der Waals surface area contributed by atoms with Crippen LogP contribution in [-0.2, 0) is 4.74 Å². The Kier molecular flexibility index (Phi) is 6.85. The summed E-state index contributed by atoms with van der Waals surface area (Å²) in [6.45, 7) is 1.99. The minimum Gasteiger partial charge on any atom is -0.390 e. The van der Waals surface area contributed by atoms with Gasteiger partial charge in [0.15, 0.2) is 0 Å². The van der Waals surface area contributed by atoms with Gasteiger partial charge in [0.25, 0.3) is 0 Å². The first-order valence-electron chi connectivity index (χ1n) is 2.86. The molecule has 0 saturated heterocycles. The van der Waals surface area contributed by atoms with E-state index in [1.807, 2.05) is 0 Å². The maximum Gasteiger partial charge on any atom is 0.0799 e. The molecule has 1 N–H and O–H groups in total. The molecule has 0 amide bonds. The average molecular weight is 117 g/mol. The number of unbranched alkanes of at least 4 members (excludes halogenated alkanes) is 2. The quantitative estimate of drug-likeness (QED) is 0.550. The van der Waals surface area contributed by atoms with Gasteiger partial charge in [0, 0.05) is 13.7 Å². The van der Waals surface area contributed by atoms with Gasteiger partial charge >= 0.3 is 0 Å². The number of ether oxygens (including phenoxy) is 1. The Morgan fingerprint density at radius 3 is 2.75 bits per heavy atom. The van der Waals surface area contributed by atoms with Crippen molar-refractivity contribution in [2.45, 2.75) is 19.3 Å². The molecule has 0 heterocycles. The molecule has 49 valence electrons. The molecule has 0 aromatic rings. The van der Waals surface area contributed by atoms with Crippen LogP contribution in [-0.4, -0.2) is 18.8 Å². The van der Waals surface area contributed by atoms with Gasteiger partial charge in [0.1, 0.15) is 0 Å². The molecule has 0 unspecified atom stereocenters. The van der Waals surface area contributed by atoms with Crippen LogP contribution in [0.25, 0.3) is 0 Å². The van der Waals surface area contributed by atoms with Crippen molar-refractivity contribution in [3.05, 3.63) is 6.61 Å². The predicted octanol–water partition coefficient (Wildman–Crippen LogP) is 1.34. The van der Waals surface area contributed by atoms with Gasteiger partial charge in [-0.25, -0.2) is 0 Å². The van der Waals surface area contributed by atoms with Crippen molar-refractivity contribution in [1.29, 1.82) is 0 Å². The Bertz CT molecular complexity index is 31.5. The van der Waals surface area contributed by atoms with Gasteiger partial charge in [-0.3, -0.25) is 0 Å². The zero-order valence-corrected chi connectivity index (χ0v) is 5.26. The Morgan fingerprint density at radius 1 is 1.50 bits per heavy atom. The number of hydrogen-bond acceptors (Lipinski definition) is 2. The number of hydrogen-bond donors (Lipinski definition) is 1. The summed E-state index contributed by atoms with van der Waals surface area (Å²) in [6, 6.07) is 0. The zero-order valence-electron chi connectivity index (χ0n) is 5.26. The highest BCUT2D eigenvalue weighted by molar-refractivity contribution is 4.46. The monoisotopic (exact) mass is 117 g/mol. The van der Waals surface area contributed by atoms with Crippen LogP contribution in [0.15, 0.2) is 0 Å². The van der Waals surface area contributed by atoms with Crippen LogP contribution in [0.2, 0.25) is 0 Å². The summed E-state index contributed by atoms with van der Waals surface area (Å²) in [5.74, 6) is 0. The minimum atomic E-state index is 0.781. The van der Waals surface area contributed by atoms with Gasteiger partial charge in [-0.15, -0.1) is 0 Å². The van der Waals surface area contributed by atoms with Crippen molar-refractivity contribution in [3.63, 3.8) is 0 Å². The molecule has 0 saturated carbocycles. The zero-order chi connectivity index (χ0) is 6.24. The second-order valence-electron chi connectivity index (χ2n) is 1.67. The maximum absolute atomic E-state index is 8.20. The summed E-state index contributed by atoms with van der Waals surface area (Å²) in [5, 5.41) is 8.20. The van der Waals surface area contributed by atoms with E-state index in [0.717, 1.165) is 25.9 Å². The van der Waals surface area contributed by atoms with E-state index in [2.05, 4.69) is 0 Å². The minimum absolute atomic E-state index is 0.781. The average Bonchev–Trinajstić information content (AvgIpc) is 1.81. The molecule has 2 heteroatoms. The third-order valence-corrected chi connectivity index (χ3v) is 0.932. The molecule has 0 aliphatic rings. The molecule has 0 spiro atoms. The summed E-state index contributed by atoms with van der Waals surface area (Å²) in [6.07, 6.45) is 2.83. The molecule has 0 rings (SSSR count). The summed E-state index contributed by atoms with van der Waals surface area (Å²) < 4.78 is 4.79. The Balaban J connectivity index is 2.53. The molecule has 0 aliphatic carbocycles. The first-order valence-corrected chi connectivity index (χ1v) is 2.86. The fourth-order valence-corrected chi connectivity index (χ4v) is 0.482. The summed E-state index contributed by atoms with van der Waals surface area (Å²) in [4.78, 5) is 0. The van der Waals surface area contributed by atoms with Crippen LogP contribution in [0.1, 0.15) is 19.3 Å². The largest absolute Gasteiger partial charge is 0.390 e. The van der Waals surface area contributed by atoms with Gasteiger partial charge in [0.05, 0.1) is 6.61 Å². The van der Waals surface area contributed by atoms with Crippen LogP contribution in [0.5, 0.6) is 0 Å². The van der Waals surface area contributed by atoms with Gasteiger partial charge in [0.2, 0.25) is 0 Å². The lowest BCUT2D eigenvalue weighted by Crippen LogP contribution is -1.87. The fraction of sp³-hybridized carbons (Fsp3) is 0.833. The van der Waals surface area contributed by atoms with Crippen molar-refractivity contribution in [3.8, 4) is 0 Å². The van der Waals surface area contributed by atoms with Crippen LogP contribution in [0.3, 0.4) is 0 Å². The third kappa shape index (κ3) is 5.92. The molecule has 0 fully saturated rings. The maximum atomic E-state index is 8.20. The lowest BCUT2D eigenvalue weighted by atomic mass is 10.2. The van der Waals surface area contributed by atoms with Crippen molar-refractivity contribution >= 4 is 0 Å². The Hall–Kier alpha value is -0.0800. The number of aliphatic hydroxyl groups excluding tert-OH is 1. The second kappa shape index (κ2) is 6.92. The third-order valence-electron chi connectivity index (χ3n) is 0.932. The number of methoxy groups -OCH3 is 1. The van der Waals surface area contributed by atoms with E-state index in [9.17, 15) is 0 Å². The van der Waals surface area contributed by atoms with Crippen molar-refractivity contribution in [2.75, 3.05) is 13.7 Å². The molecule has 8 heavy (non-hydrogen) atoms. The molecule has 0 atom stereocenters. The van der Waals surface area contributed by atoms with E-state index in [1.165, 1.54) is 6.61 Å². The number of aliphatic hydroxyl groups is 1. The van der Waals surface area contributed by atoms with E-state index in [4.69, 9.17) is 9.84 Å². The van der Waals surface area contributed by atoms with Crippen LogP contribution < -0.4 is 0 Å². The summed E-state index contributed by atoms with van der Waals surface area (Å²) >= 11 is 0. The fourth-order valence-electron chi connectivity index (χ4n) is 0.482. The number of rotatable bonds is 5. The molecule has 0 bridgehead atoms. The van der Waals surface area contributed by atoms with Crippen LogP contribution in [0, 0.1) is 6.61 Å². The first-order chi connectivity index (χ1) is 3.91. The van der Waals surface area contributed by atoms with Gasteiger partial charge in [-0.1, -0.05) is 0 Å². The standard InChI is InChI=1S/C6H13O2/c1-8-6-4-2-3-5-7/h5,7H,2-4,6H2,1H3. The van der Waals surface area contributed by atoms with Gasteiger partial charge in [-0.05, 0) is 19.3 Å².